The van der Waals surface area contributed by atoms with Crippen LogP contribution in [0.4, 0.5) is 31.1 Å². The van der Waals surface area contributed by atoms with E-state index in [0.717, 1.165) is 33.5 Å². The Kier molecular flexibility index (Phi) is 11.5. The number of pyridine rings is 1. The molecule has 0 fully saturated rings. The molecule has 0 aliphatic rings. The third-order valence-electron chi connectivity index (χ3n) is 5.44. The summed E-state index contributed by atoms with van der Waals surface area (Å²) >= 11 is 1.47. The number of thioether (sulfide) groups is 1. The van der Waals surface area contributed by atoms with Gasteiger partial charge >= 0.3 is 18.4 Å². The largest absolute Gasteiger partial charge is 0.450 e. The Hall–Kier alpha value is -2.95. The van der Waals surface area contributed by atoms with Crippen LogP contribution in [0.2, 0.25) is 0 Å². The average molecular weight is 575 g/mol. The molecule has 0 radical (unpaired) electrons. The van der Waals surface area contributed by atoms with Gasteiger partial charge in [-0.2, -0.15) is 26.3 Å². The lowest BCUT2D eigenvalue weighted by molar-refractivity contribution is -0.143. The van der Waals surface area contributed by atoms with Crippen molar-refractivity contribution in [1.82, 2.24) is 9.88 Å². The number of rotatable bonds is 8. The summed E-state index contributed by atoms with van der Waals surface area (Å²) in [5.41, 5.74) is -0.852. The summed E-state index contributed by atoms with van der Waals surface area (Å²) in [5, 5.41) is 1.44. The van der Waals surface area contributed by atoms with E-state index in [9.17, 15) is 31.1 Å². The molecule has 2 aromatic carbocycles. The predicted molar refractivity (Wildman–Crippen MR) is 142 cm³/mol. The van der Waals surface area contributed by atoms with Gasteiger partial charge in [-0.15, -0.1) is 11.8 Å². The smallest absolute Gasteiger partial charge is 0.416 e. The molecule has 1 amide bonds. The zero-order valence-electron chi connectivity index (χ0n) is 22.5. The molecular formula is C28H32F6N2O2S. The number of aryl methyl sites for hydroxylation is 1. The summed E-state index contributed by atoms with van der Waals surface area (Å²) in [6.07, 6.45) is -9.99. The Morgan fingerprint density at radius 3 is 2.10 bits per heavy atom. The standard InChI is InChI=1S/C26H26F6N2O2S.C2H6/c1-4-9-37-23-19(12-18-8-6-7-16(3)22(18)33-23)15-34(24(35)36-5-2)14-17-10-20(25(27,28)29)13-21(11-17)26(30,31)32;1-2/h6-8,10-13H,4-5,9,14-15H2,1-3H3;1-2H3. The van der Waals surface area contributed by atoms with Crippen LogP contribution in [0.25, 0.3) is 10.9 Å². The number of benzene rings is 2. The summed E-state index contributed by atoms with van der Waals surface area (Å²) in [7, 11) is 0. The van der Waals surface area contributed by atoms with Gasteiger partial charge in [0.15, 0.2) is 0 Å². The number of hydrogen-bond donors (Lipinski definition) is 0. The summed E-state index contributed by atoms with van der Waals surface area (Å²) in [6.45, 7) is 8.83. The second kappa shape index (κ2) is 13.9. The first-order valence-corrected chi connectivity index (χ1v) is 13.5. The Morgan fingerprint density at radius 1 is 0.949 bits per heavy atom. The van der Waals surface area contributed by atoms with Crippen molar-refractivity contribution in [2.75, 3.05) is 12.4 Å². The van der Waals surface area contributed by atoms with Crippen LogP contribution in [0.1, 0.15) is 61.9 Å². The van der Waals surface area contributed by atoms with Gasteiger partial charge in [-0.1, -0.05) is 39.0 Å². The maximum absolute atomic E-state index is 13.4. The fourth-order valence-corrected chi connectivity index (χ4v) is 4.61. The molecule has 0 N–H and O–H groups in total. The lowest BCUT2D eigenvalue weighted by atomic mass is 10.0. The Labute approximate surface area is 228 Å². The normalized spacial score (nSPS) is 11.7. The van der Waals surface area contributed by atoms with Crippen molar-refractivity contribution in [3.63, 3.8) is 0 Å². The molecule has 39 heavy (non-hydrogen) atoms. The Balaban J connectivity index is 0.00000260. The van der Waals surface area contributed by atoms with E-state index in [1.165, 1.54) is 11.8 Å². The van der Waals surface area contributed by atoms with E-state index in [0.29, 0.717) is 22.7 Å². The van der Waals surface area contributed by atoms with Crippen LogP contribution in [0, 0.1) is 6.92 Å². The number of halogens is 6. The highest BCUT2D eigenvalue weighted by Crippen LogP contribution is 2.37. The van der Waals surface area contributed by atoms with E-state index in [1.54, 1.807) is 6.92 Å². The van der Waals surface area contributed by atoms with Gasteiger partial charge in [-0.05, 0) is 61.4 Å². The van der Waals surface area contributed by atoms with Crippen molar-refractivity contribution in [3.05, 3.63) is 70.3 Å². The molecule has 0 saturated heterocycles. The first-order valence-electron chi connectivity index (χ1n) is 12.6. The van der Waals surface area contributed by atoms with Gasteiger partial charge in [0.1, 0.15) is 5.03 Å². The molecule has 4 nitrogen and oxygen atoms in total. The molecule has 0 unspecified atom stereocenters. The highest BCUT2D eigenvalue weighted by atomic mass is 32.2. The number of ether oxygens (including phenoxy) is 1. The highest BCUT2D eigenvalue weighted by molar-refractivity contribution is 7.99. The maximum atomic E-state index is 13.4. The van der Waals surface area contributed by atoms with Gasteiger partial charge in [-0.3, -0.25) is 4.90 Å². The fraction of sp³-hybridized carbons (Fsp3) is 0.429. The van der Waals surface area contributed by atoms with Crippen LogP contribution in [0.3, 0.4) is 0 Å². The molecule has 3 rings (SSSR count). The van der Waals surface area contributed by atoms with E-state index in [-0.39, 0.29) is 24.8 Å². The number of para-hydroxylation sites is 1. The lowest BCUT2D eigenvalue weighted by Gasteiger charge is -2.24. The van der Waals surface area contributed by atoms with Gasteiger partial charge in [0.25, 0.3) is 0 Å². The number of alkyl halides is 6. The second-order valence-electron chi connectivity index (χ2n) is 8.42. The minimum Gasteiger partial charge on any atom is -0.450 e. The quantitative estimate of drug-likeness (QED) is 0.199. The molecule has 0 spiro atoms. The SMILES string of the molecule is CC.CCCSc1nc2c(C)cccc2cc1CN(Cc1cc(C(F)(F)F)cc(C(F)(F)F)c1)C(=O)OCC. The molecule has 0 atom stereocenters. The zero-order chi connectivity index (χ0) is 29.4. The third-order valence-corrected chi connectivity index (χ3v) is 6.68. The summed E-state index contributed by atoms with van der Waals surface area (Å²) in [6, 6.07) is 8.77. The Morgan fingerprint density at radius 2 is 1.56 bits per heavy atom. The second-order valence-corrected chi connectivity index (χ2v) is 9.50. The van der Waals surface area contributed by atoms with Crippen molar-refractivity contribution in [3.8, 4) is 0 Å². The monoisotopic (exact) mass is 574 g/mol. The predicted octanol–water partition coefficient (Wildman–Crippen LogP) is 9.27. The average Bonchev–Trinajstić information content (AvgIpc) is 2.87. The molecule has 0 aliphatic carbocycles. The van der Waals surface area contributed by atoms with E-state index < -0.39 is 36.1 Å². The number of nitrogens with zero attached hydrogens (tertiary/aromatic N) is 2. The molecule has 0 aliphatic heterocycles. The number of fused-ring (bicyclic) bond motifs is 1. The molecule has 1 heterocycles. The molecule has 11 heteroatoms. The Bertz CT molecular complexity index is 1230. The van der Waals surface area contributed by atoms with E-state index in [2.05, 4.69) is 0 Å². The van der Waals surface area contributed by atoms with Crippen LogP contribution in [0.15, 0.2) is 47.5 Å². The molecule has 214 valence electrons. The summed E-state index contributed by atoms with van der Waals surface area (Å²) in [4.78, 5) is 18.6. The van der Waals surface area contributed by atoms with Crippen molar-refractivity contribution < 1.29 is 35.9 Å². The minimum absolute atomic E-state index is 0.0155. The molecule has 0 bridgehead atoms. The maximum Gasteiger partial charge on any atom is 0.416 e. The van der Waals surface area contributed by atoms with Crippen LogP contribution >= 0.6 is 11.8 Å². The van der Waals surface area contributed by atoms with Crippen molar-refractivity contribution >= 4 is 28.8 Å². The zero-order valence-corrected chi connectivity index (χ0v) is 23.3. The number of amides is 1. The molecule has 3 aromatic rings. The minimum atomic E-state index is -4.99. The van der Waals surface area contributed by atoms with Gasteiger partial charge in [0.05, 0.1) is 29.8 Å². The van der Waals surface area contributed by atoms with E-state index >= 15 is 0 Å². The van der Waals surface area contributed by atoms with Crippen LogP contribution in [-0.2, 0) is 30.2 Å². The number of carbonyl (C=O) groups is 1. The number of hydrogen-bond acceptors (Lipinski definition) is 4. The number of aromatic nitrogens is 1. The van der Waals surface area contributed by atoms with Crippen molar-refractivity contribution in [1.29, 1.82) is 0 Å². The van der Waals surface area contributed by atoms with Crippen LogP contribution in [-0.4, -0.2) is 28.3 Å². The molecule has 1 aromatic heterocycles. The van der Waals surface area contributed by atoms with Crippen LogP contribution in [0.5, 0.6) is 0 Å². The third kappa shape index (κ3) is 8.78. The van der Waals surface area contributed by atoms with Crippen molar-refractivity contribution in [2.45, 2.75) is 71.5 Å². The van der Waals surface area contributed by atoms with E-state index in [1.807, 2.05) is 52.0 Å². The van der Waals surface area contributed by atoms with Gasteiger partial charge < -0.3 is 4.74 Å². The summed E-state index contributed by atoms with van der Waals surface area (Å²) in [5.74, 6) is 0.735. The fourth-order valence-electron chi connectivity index (χ4n) is 3.75. The highest BCUT2D eigenvalue weighted by Gasteiger charge is 2.37. The molecule has 0 saturated carbocycles. The first kappa shape index (κ1) is 32.3. The van der Waals surface area contributed by atoms with Crippen LogP contribution < -0.4 is 0 Å². The van der Waals surface area contributed by atoms with Gasteiger partial charge in [0, 0.05) is 17.5 Å². The molecular weight excluding hydrogens is 542 g/mol. The van der Waals surface area contributed by atoms with Crippen molar-refractivity contribution in [2.24, 2.45) is 0 Å². The lowest BCUT2D eigenvalue weighted by Crippen LogP contribution is -2.31. The van der Waals surface area contributed by atoms with Gasteiger partial charge in [0.2, 0.25) is 0 Å². The summed E-state index contributed by atoms with van der Waals surface area (Å²) < 4.78 is 85.3. The number of carbonyl (C=O) groups excluding carboxylic acids is 1. The van der Waals surface area contributed by atoms with Gasteiger partial charge in [-0.25, -0.2) is 9.78 Å². The topological polar surface area (TPSA) is 42.4 Å². The van der Waals surface area contributed by atoms with E-state index in [4.69, 9.17) is 9.72 Å². The first-order chi connectivity index (χ1) is 18.3.